The second kappa shape index (κ2) is 8.82. The van der Waals surface area contributed by atoms with Crippen molar-refractivity contribution in [1.29, 1.82) is 0 Å². The third kappa shape index (κ3) is 4.32. The first kappa shape index (κ1) is 17.7. The summed E-state index contributed by atoms with van der Waals surface area (Å²) < 4.78 is 10.4. The van der Waals surface area contributed by atoms with Crippen molar-refractivity contribution in [3.05, 3.63) is 0 Å². The lowest BCUT2D eigenvalue weighted by atomic mass is 9.85. The lowest BCUT2D eigenvalue weighted by molar-refractivity contribution is -0.143. The van der Waals surface area contributed by atoms with Crippen molar-refractivity contribution in [2.45, 2.75) is 44.2 Å². The molecule has 1 saturated heterocycles. The molecule has 0 aromatic heterocycles. The Morgan fingerprint density at radius 3 is 2.70 bits per heavy atom. The van der Waals surface area contributed by atoms with Crippen LogP contribution < -0.4 is 0 Å². The Balaban J connectivity index is 0.00000200. The van der Waals surface area contributed by atoms with Crippen LogP contribution in [0.25, 0.3) is 0 Å². The third-order valence-electron chi connectivity index (χ3n) is 4.43. The topological polar surface area (TPSA) is 59.0 Å². The fraction of sp³-hybridized carbons (Fsp3) is 0.929. The monoisotopic (exact) mass is 307 g/mol. The normalized spacial score (nSPS) is 29.8. The summed E-state index contributed by atoms with van der Waals surface area (Å²) in [5.74, 6) is -0.0971. The number of hydrogen-bond acceptors (Lipinski definition) is 4. The Kier molecular flexibility index (Phi) is 7.80. The standard InChI is InChI=1S/C14H25NO4.ClH/c1-18-8-9-19-7-6-15-12-5-3-2-4-11(12)10-13(15)14(16)17;/h11-13H,2-10H2,1H3,(H,16,17);1H. The molecular weight excluding hydrogens is 282 g/mol. The molecule has 0 spiro atoms. The molecule has 0 amide bonds. The fourth-order valence-corrected chi connectivity index (χ4v) is 3.53. The highest BCUT2D eigenvalue weighted by molar-refractivity contribution is 5.85. The summed E-state index contributed by atoms with van der Waals surface area (Å²) >= 11 is 0. The highest BCUT2D eigenvalue weighted by Crippen LogP contribution is 2.39. The van der Waals surface area contributed by atoms with Crippen LogP contribution in [0.15, 0.2) is 0 Å². The summed E-state index contributed by atoms with van der Waals surface area (Å²) in [5.41, 5.74) is 0. The van der Waals surface area contributed by atoms with Crippen molar-refractivity contribution in [1.82, 2.24) is 4.90 Å². The van der Waals surface area contributed by atoms with Crippen LogP contribution in [0.5, 0.6) is 0 Å². The summed E-state index contributed by atoms with van der Waals surface area (Å²) in [4.78, 5) is 13.6. The highest BCUT2D eigenvalue weighted by atomic mass is 35.5. The number of halogens is 1. The van der Waals surface area contributed by atoms with Crippen molar-refractivity contribution >= 4 is 18.4 Å². The van der Waals surface area contributed by atoms with E-state index in [0.717, 1.165) is 19.4 Å². The molecule has 3 atom stereocenters. The zero-order valence-electron chi connectivity index (χ0n) is 12.1. The van der Waals surface area contributed by atoms with Crippen LogP contribution in [0.3, 0.4) is 0 Å². The number of likely N-dealkylation sites (tertiary alicyclic amines) is 1. The molecule has 0 aromatic rings. The summed E-state index contributed by atoms with van der Waals surface area (Å²) in [6.45, 7) is 2.49. The van der Waals surface area contributed by atoms with E-state index in [-0.39, 0.29) is 18.4 Å². The fourth-order valence-electron chi connectivity index (χ4n) is 3.53. The first-order valence-corrected chi connectivity index (χ1v) is 7.29. The van der Waals surface area contributed by atoms with Gasteiger partial charge in [0.15, 0.2) is 0 Å². The zero-order valence-corrected chi connectivity index (χ0v) is 12.9. The van der Waals surface area contributed by atoms with Crippen molar-refractivity contribution in [2.75, 3.05) is 33.5 Å². The Hall–Kier alpha value is -0.360. The molecule has 1 aliphatic carbocycles. The first-order chi connectivity index (χ1) is 9.24. The molecule has 2 rings (SSSR count). The van der Waals surface area contributed by atoms with Gasteiger partial charge in [0.1, 0.15) is 6.04 Å². The van der Waals surface area contributed by atoms with Gasteiger partial charge in [-0.1, -0.05) is 12.8 Å². The van der Waals surface area contributed by atoms with Crippen LogP contribution in [0, 0.1) is 5.92 Å². The Morgan fingerprint density at radius 1 is 1.25 bits per heavy atom. The second-order valence-corrected chi connectivity index (χ2v) is 5.54. The lowest BCUT2D eigenvalue weighted by Crippen LogP contribution is -2.44. The van der Waals surface area contributed by atoms with Crippen LogP contribution in [0.1, 0.15) is 32.1 Å². The van der Waals surface area contributed by atoms with Gasteiger partial charge in [0.25, 0.3) is 0 Å². The molecule has 3 unspecified atom stereocenters. The summed E-state index contributed by atoms with van der Waals surface area (Å²) in [6.07, 6.45) is 5.64. The molecule has 5 nitrogen and oxygen atoms in total. The van der Waals surface area contributed by atoms with Crippen LogP contribution in [-0.2, 0) is 14.3 Å². The van der Waals surface area contributed by atoms with E-state index in [1.54, 1.807) is 7.11 Å². The molecule has 2 aliphatic rings. The van der Waals surface area contributed by atoms with Gasteiger partial charge in [-0.25, -0.2) is 0 Å². The average molecular weight is 308 g/mol. The van der Waals surface area contributed by atoms with Crippen molar-refractivity contribution in [3.8, 4) is 0 Å². The van der Waals surface area contributed by atoms with Gasteiger partial charge < -0.3 is 14.6 Å². The number of methoxy groups -OCH3 is 1. The van der Waals surface area contributed by atoms with Crippen LogP contribution >= 0.6 is 12.4 Å². The molecule has 1 aliphatic heterocycles. The second-order valence-electron chi connectivity index (χ2n) is 5.54. The molecule has 1 heterocycles. The number of carboxylic acids is 1. The predicted molar refractivity (Wildman–Crippen MR) is 78.4 cm³/mol. The van der Waals surface area contributed by atoms with E-state index in [1.165, 1.54) is 19.3 Å². The van der Waals surface area contributed by atoms with Crippen molar-refractivity contribution in [2.24, 2.45) is 5.92 Å². The summed E-state index contributed by atoms with van der Waals surface area (Å²) in [7, 11) is 1.65. The number of hydrogen-bond donors (Lipinski definition) is 1. The third-order valence-corrected chi connectivity index (χ3v) is 4.43. The quantitative estimate of drug-likeness (QED) is 0.727. The Labute approximate surface area is 127 Å². The van der Waals surface area contributed by atoms with E-state index in [4.69, 9.17) is 9.47 Å². The molecular formula is C14H26ClNO4. The highest BCUT2D eigenvalue weighted by Gasteiger charge is 2.44. The maximum Gasteiger partial charge on any atom is 0.320 e. The first-order valence-electron chi connectivity index (χ1n) is 7.29. The average Bonchev–Trinajstić information content (AvgIpc) is 2.78. The van der Waals surface area contributed by atoms with E-state index in [2.05, 4.69) is 4.90 Å². The SMILES string of the molecule is COCCOCCN1C(C(=O)O)CC2CCCCC21.Cl. The smallest absolute Gasteiger partial charge is 0.320 e. The van der Waals surface area contributed by atoms with Gasteiger partial charge in [0, 0.05) is 19.7 Å². The largest absolute Gasteiger partial charge is 0.480 e. The predicted octanol–water partition coefficient (Wildman–Crippen LogP) is 1.79. The molecule has 118 valence electrons. The lowest BCUT2D eigenvalue weighted by Gasteiger charge is -2.32. The van der Waals surface area contributed by atoms with Crippen LogP contribution in [0.4, 0.5) is 0 Å². The minimum absolute atomic E-state index is 0. The zero-order chi connectivity index (χ0) is 13.7. The van der Waals surface area contributed by atoms with Crippen molar-refractivity contribution < 1.29 is 19.4 Å². The van der Waals surface area contributed by atoms with Gasteiger partial charge in [0.05, 0.1) is 19.8 Å². The molecule has 6 heteroatoms. The Morgan fingerprint density at radius 2 is 2.00 bits per heavy atom. The molecule has 0 aromatic carbocycles. The molecule has 1 saturated carbocycles. The molecule has 0 radical (unpaired) electrons. The molecule has 20 heavy (non-hydrogen) atoms. The number of carbonyl (C=O) groups is 1. The van der Waals surface area contributed by atoms with Gasteiger partial charge in [0.2, 0.25) is 0 Å². The van der Waals surface area contributed by atoms with E-state index in [1.807, 2.05) is 0 Å². The van der Waals surface area contributed by atoms with E-state index in [9.17, 15) is 9.90 Å². The molecule has 1 N–H and O–H groups in total. The van der Waals surface area contributed by atoms with Crippen LogP contribution in [0.2, 0.25) is 0 Å². The molecule has 2 fully saturated rings. The maximum absolute atomic E-state index is 11.4. The van der Waals surface area contributed by atoms with E-state index >= 15 is 0 Å². The number of nitrogens with zero attached hydrogens (tertiary/aromatic N) is 1. The number of aliphatic carboxylic acids is 1. The van der Waals surface area contributed by atoms with E-state index < -0.39 is 5.97 Å². The summed E-state index contributed by atoms with van der Waals surface area (Å²) in [6, 6.07) is 0.153. The minimum atomic E-state index is -0.675. The number of ether oxygens (including phenoxy) is 2. The van der Waals surface area contributed by atoms with Gasteiger partial charge in [-0.05, 0) is 25.2 Å². The van der Waals surface area contributed by atoms with Crippen LogP contribution in [-0.4, -0.2) is 61.5 Å². The number of carboxylic acid groups (broad SMARTS) is 1. The summed E-state index contributed by atoms with van der Waals surface area (Å²) in [5, 5.41) is 9.37. The number of fused-ring (bicyclic) bond motifs is 1. The van der Waals surface area contributed by atoms with E-state index in [0.29, 0.717) is 31.8 Å². The minimum Gasteiger partial charge on any atom is -0.480 e. The van der Waals surface area contributed by atoms with Gasteiger partial charge in [-0.2, -0.15) is 0 Å². The number of rotatable bonds is 7. The van der Waals surface area contributed by atoms with Gasteiger partial charge >= 0.3 is 5.97 Å². The molecule has 0 bridgehead atoms. The van der Waals surface area contributed by atoms with Gasteiger partial charge in [-0.3, -0.25) is 9.69 Å². The van der Waals surface area contributed by atoms with Gasteiger partial charge in [-0.15, -0.1) is 12.4 Å². The van der Waals surface area contributed by atoms with Crippen molar-refractivity contribution in [3.63, 3.8) is 0 Å². The Bertz CT molecular complexity index is 303. The maximum atomic E-state index is 11.4.